The van der Waals surface area contributed by atoms with Crippen LogP contribution in [0.3, 0.4) is 0 Å². The number of primary amides is 1. The number of thioether (sulfide) groups is 2. The summed E-state index contributed by atoms with van der Waals surface area (Å²) in [5, 5.41) is 8.55. The number of nitrogens with one attached hydrogen (secondary N) is 3. The normalized spacial score (nSPS) is 42.6. The number of morpholine rings is 1. The predicted molar refractivity (Wildman–Crippen MR) is 131 cm³/mol. The highest BCUT2D eigenvalue weighted by Gasteiger charge is 2.50. The van der Waals surface area contributed by atoms with E-state index in [9.17, 15) is 9.59 Å². The van der Waals surface area contributed by atoms with E-state index >= 15 is 0 Å². The molecule has 8 nitrogen and oxygen atoms in total. The van der Waals surface area contributed by atoms with Gasteiger partial charge in [-0.3, -0.25) is 14.3 Å². The van der Waals surface area contributed by atoms with Gasteiger partial charge in [0.05, 0.1) is 23.5 Å². The number of carbonyl (C=O) groups excluding carboxylic acids is 2. The van der Waals surface area contributed by atoms with Gasteiger partial charge < -0.3 is 26.0 Å². The second-order valence-corrected chi connectivity index (χ2v) is 12.7. The van der Waals surface area contributed by atoms with Crippen LogP contribution in [0, 0.1) is 11.8 Å². The molecule has 0 aromatic rings. The van der Waals surface area contributed by atoms with Gasteiger partial charge in [0, 0.05) is 48.3 Å². The van der Waals surface area contributed by atoms with Crippen molar-refractivity contribution in [3.63, 3.8) is 0 Å². The van der Waals surface area contributed by atoms with E-state index < -0.39 is 0 Å². The summed E-state index contributed by atoms with van der Waals surface area (Å²) in [6, 6.07) is 0.220. The minimum atomic E-state index is -0.329. The monoisotopic (exact) mass is 499 g/mol. The Bertz CT molecular complexity index is 765. The van der Waals surface area contributed by atoms with E-state index in [1.807, 2.05) is 29.6 Å². The second-order valence-electron chi connectivity index (χ2n) is 9.45. The first-order valence-electron chi connectivity index (χ1n) is 11.5. The van der Waals surface area contributed by atoms with Gasteiger partial charge in [-0.25, -0.2) is 0 Å². The molecule has 0 radical (unpaired) electrons. The number of nitrogens with two attached hydrogens (primary N) is 1. The Kier molecular flexibility index (Phi) is 7.32. The zero-order valence-corrected chi connectivity index (χ0v) is 20.8. The molecule has 11 heteroatoms. The average molecular weight is 500 g/mol. The lowest BCUT2D eigenvalue weighted by atomic mass is 9.87. The Morgan fingerprint density at radius 2 is 2.09 bits per heavy atom. The number of hydrogen-bond donors (Lipinski definition) is 4. The topological polar surface area (TPSA) is 109 Å². The molecule has 5 heterocycles. The highest BCUT2D eigenvalue weighted by atomic mass is 32.2. The van der Waals surface area contributed by atoms with Gasteiger partial charge in [0.15, 0.2) is 5.78 Å². The maximum absolute atomic E-state index is 13.0. The summed E-state index contributed by atoms with van der Waals surface area (Å²) in [5.41, 5.74) is 5.70. The molecule has 5 aliphatic heterocycles. The minimum absolute atomic E-state index is 0.0394. The lowest BCUT2D eigenvalue weighted by Crippen LogP contribution is -2.63. The van der Waals surface area contributed by atoms with Crippen LogP contribution in [-0.4, -0.2) is 95.6 Å². The van der Waals surface area contributed by atoms with E-state index in [1.54, 1.807) is 11.9 Å². The molecule has 0 aromatic carbocycles. The molecule has 178 valence electrons. The standard InChI is InChI=1S/C21H33N5O3S3/c1-11-6-13(18(21(22)28)23-8-11)24-14-10-31-25-17(14)12-9-30-20-15(27)7-16(32-19(12)20)26-2-4-29-5-3-26/h7,11-14,17-20,23-25H,2-6,8-10H2,1H3,(H2,22,28). The average Bonchev–Trinajstić information content (AvgIpc) is 3.41. The van der Waals surface area contributed by atoms with Crippen LogP contribution >= 0.6 is 35.5 Å². The number of carbonyl (C=O) groups is 2. The Hall–Kier alpha value is -0.430. The van der Waals surface area contributed by atoms with Crippen molar-refractivity contribution in [3.05, 3.63) is 11.1 Å². The van der Waals surface area contributed by atoms with Crippen molar-refractivity contribution in [2.45, 2.75) is 48.0 Å². The smallest absolute Gasteiger partial charge is 0.236 e. The molecule has 8 unspecified atom stereocenters. The molecule has 4 fully saturated rings. The van der Waals surface area contributed by atoms with Crippen LogP contribution in [0.4, 0.5) is 0 Å². The lowest BCUT2D eigenvalue weighted by molar-refractivity contribution is -0.121. The van der Waals surface area contributed by atoms with Gasteiger partial charge in [-0.05, 0) is 30.6 Å². The number of rotatable bonds is 5. The van der Waals surface area contributed by atoms with Crippen molar-refractivity contribution in [3.8, 4) is 0 Å². The molecular formula is C21H33N5O3S3. The van der Waals surface area contributed by atoms with Crippen LogP contribution in [0.25, 0.3) is 0 Å². The fraction of sp³-hybridized carbons (Fsp3) is 0.810. The summed E-state index contributed by atoms with van der Waals surface area (Å²) in [6.07, 6.45) is 2.81. The number of ether oxygens (including phenoxy) is 1. The van der Waals surface area contributed by atoms with Gasteiger partial charge in [-0.15, -0.1) is 23.5 Å². The highest BCUT2D eigenvalue weighted by Crippen LogP contribution is 2.49. The molecule has 5 aliphatic rings. The van der Waals surface area contributed by atoms with Crippen molar-refractivity contribution in [1.29, 1.82) is 0 Å². The zero-order chi connectivity index (χ0) is 22.2. The van der Waals surface area contributed by atoms with Crippen molar-refractivity contribution in [1.82, 2.24) is 20.3 Å². The summed E-state index contributed by atoms with van der Waals surface area (Å²) >= 11 is 5.45. The van der Waals surface area contributed by atoms with Gasteiger partial charge >= 0.3 is 0 Å². The molecule has 8 atom stereocenters. The van der Waals surface area contributed by atoms with Crippen molar-refractivity contribution >= 4 is 47.2 Å². The zero-order valence-electron chi connectivity index (χ0n) is 18.3. The van der Waals surface area contributed by atoms with Crippen molar-refractivity contribution < 1.29 is 14.3 Å². The molecule has 0 aromatic heterocycles. The lowest BCUT2D eigenvalue weighted by Gasteiger charge is -2.40. The summed E-state index contributed by atoms with van der Waals surface area (Å²) in [7, 11) is 0. The molecule has 5 rings (SSSR count). The van der Waals surface area contributed by atoms with E-state index in [0.29, 0.717) is 11.8 Å². The van der Waals surface area contributed by atoms with Gasteiger partial charge in [-0.1, -0.05) is 18.9 Å². The van der Waals surface area contributed by atoms with E-state index in [2.05, 4.69) is 27.2 Å². The van der Waals surface area contributed by atoms with E-state index in [1.165, 1.54) is 0 Å². The van der Waals surface area contributed by atoms with Crippen LogP contribution in [0.1, 0.15) is 13.3 Å². The van der Waals surface area contributed by atoms with E-state index in [4.69, 9.17) is 10.5 Å². The van der Waals surface area contributed by atoms with E-state index in [-0.39, 0.29) is 46.4 Å². The van der Waals surface area contributed by atoms with Crippen LogP contribution in [0.2, 0.25) is 0 Å². The largest absolute Gasteiger partial charge is 0.378 e. The Morgan fingerprint density at radius 1 is 1.28 bits per heavy atom. The van der Waals surface area contributed by atoms with Crippen LogP contribution in [0.15, 0.2) is 11.1 Å². The van der Waals surface area contributed by atoms with Gasteiger partial charge in [0.1, 0.15) is 6.04 Å². The fourth-order valence-electron chi connectivity index (χ4n) is 5.48. The molecule has 5 N–H and O–H groups in total. The summed E-state index contributed by atoms with van der Waals surface area (Å²) in [4.78, 5) is 27.3. The molecule has 1 amide bonds. The summed E-state index contributed by atoms with van der Waals surface area (Å²) in [5.74, 6) is 2.80. The third kappa shape index (κ3) is 4.71. The molecular weight excluding hydrogens is 466 g/mol. The number of amides is 1. The van der Waals surface area contributed by atoms with E-state index in [0.717, 1.165) is 55.8 Å². The minimum Gasteiger partial charge on any atom is -0.378 e. The Balaban J connectivity index is 1.29. The Labute approximate surface area is 202 Å². The van der Waals surface area contributed by atoms with Crippen LogP contribution < -0.4 is 21.1 Å². The second kappa shape index (κ2) is 10.1. The first-order valence-corrected chi connectivity index (χ1v) is 14.4. The number of piperidine rings is 1. The molecule has 0 spiro atoms. The summed E-state index contributed by atoms with van der Waals surface area (Å²) in [6.45, 7) is 6.18. The molecule has 0 aliphatic carbocycles. The fourth-order valence-corrected chi connectivity index (χ4v) is 10.1. The third-order valence-corrected chi connectivity index (χ3v) is 11.3. The maximum atomic E-state index is 13.0. The number of allylic oxidation sites excluding steroid dienone is 1. The molecule has 4 saturated heterocycles. The predicted octanol–water partition coefficient (Wildman–Crippen LogP) is 0.00620. The maximum Gasteiger partial charge on any atom is 0.236 e. The Morgan fingerprint density at radius 3 is 2.88 bits per heavy atom. The van der Waals surface area contributed by atoms with Gasteiger partial charge in [0.2, 0.25) is 5.91 Å². The van der Waals surface area contributed by atoms with Crippen LogP contribution in [0.5, 0.6) is 0 Å². The number of fused-ring (bicyclic) bond motifs is 1. The van der Waals surface area contributed by atoms with Crippen molar-refractivity contribution in [2.24, 2.45) is 17.6 Å². The molecule has 0 bridgehead atoms. The highest BCUT2D eigenvalue weighted by molar-refractivity contribution is 8.07. The number of nitrogens with zero attached hydrogens (tertiary/aromatic N) is 1. The van der Waals surface area contributed by atoms with Gasteiger partial charge in [-0.2, -0.15) is 0 Å². The quantitative estimate of drug-likeness (QED) is 0.386. The first-order chi connectivity index (χ1) is 15.5. The third-order valence-electron chi connectivity index (χ3n) is 7.17. The summed E-state index contributed by atoms with van der Waals surface area (Å²) < 4.78 is 9.16. The number of ketones is 1. The first kappa shape index (κ1) is 23.3. The van der Waals surface area contributed by atoms with Crippen molar-refractivity contribution in [2.75, 3.05) is 44.4 Å². The molecule has 0 saturated carbocycles. The van der Waals surface area contributed by atoms with Crippen LogP contribution in [-0.2, 0) is 14.3 Å². The number of hydrogen-bond acceptors (Lipinski definition) is 10. The van der Waals surface area contributed by atoms with Gasteiger partial charge in [0.25, 0.3) is 0 Å². The molecule has 32 heavy (non-hydrogen) atoms. The SMILES string of the molecule is CC1CNC(C(N)=O)C(NC2CSNC2C2CSC3C(=O)C=C(N4CCOCC4)SC32)C1.